The predicted octanol–water partition coefficient (Wildman–Crippen LogP) is 2.29. The highest BCUT2D eigenvalue weighted by Gasteiger charge is 2.36. The molecule has 1 aliphatic heterocycles. The van der Waals surface area contributed by atoms with Crippen LogP contribution in [0.5, 0.6) is 0 Å². The molecule has 0 aromatic rings. The first-order valence-electron chi connectivity index (χ1n) is 5.78. The standard InChI is InChI=1S/C12H25NO/c1-10(2)7-11-8-13-6-5-12(11,3)9-14-4/h10-11,13H,5-9H2,1-4H3. The average molecular weight is 199 g/mol. The lowest BCUT2D eigenvalue weighted by Crippen LogP contribution is -2.46. The van der Waals surface area contributed by atoms with Crippen molar-refractivity contribution in [3.05, 3.63) is 0 Å². The van der Waals surface area contributed by atoms with Crippen LogP contribution in [0.3, 0.4) is 0 Å². The molecule has 0 radical (unpaired) electrons. The minimum Gasteiger partial charge on any atom is -0.384 e. The average Bonchev–Trinajstić information content (AvgIpc) is 2.09. The second-order valence-electron chi connectivity index (χ2n) is 5.37. The summed E-state index contributed by atoms with van der Waals surface area (Å²) in [5.74, 6) is 1.56. The first-order valence-corrected chi connectivity index (χ1v) is 5.78. The molecule has 0 aromatic heterocycles. The van der Waals surface area contributed by atoms with E-state index in [2.05, 4.69) is 26.1 Å². The minimum absolute atomic E-state index is 0.393. The van der Waals surface area contributed by atoms with E-state index in [9.17, 15) is 0 Å². The zero-order valence-corrected chi connectivity index (χ0v) is 10.1. The Kier molecular flexibility index (Phi) is 4.39. The van der Waals surface area contributed by atoms with Gasteiger partial charge in [-0.05, 0) is 43.2 Å². The number of nitrogens with one attached hydrogen (secondary N) is 1. The Labute approximate surface area is 88.4 Å². The molecule has 0 aromatic carbocycles. The van der Waals surface area contributed by atoms with Gasteiger partial charge in [-0.1, -0.05) is 20.8 Å². The van der Waals surface area contributed by atoms with E-state index < -0.39 is 0 Å². The molecule has 14 heavy (non-hydrogen) atoms. The van der Waals surface area contributed by atoms with Gasteiger partial charge in [0.25, 0.3) is 0 Å². The first-order chi connectivity index (χ1) is 6.58. The van der Waals surface area contributed by atoms with E-state index in [-0.39, 0.29) is 0 Å². The molecule has 1 fully saturated rings. The van der Waals surface area contributed by atoms with E-state index in [1.165, 1.54) is 12.8 Å². The van der Waals surface area contributed by atoms with Crippen LogP contribution < -0.4 is 5.32 Å². The number of hydrogen-bond donors (Lipinski definition) is 1. The first kappa shape index (κ1) is 12.0. The number of ether oxygens (including phenoxy) is 1. The third kappa shape index (κ3) is 2.96. The maximum atomic E-state index is 5.37. The number of rotatable bonds is 4. The summed E-state index contributed by atoms with van der Waals surface area (Å²) in [6.07, 6.45) is 2.56. The summed E-state index contributed by atoms with van der Waals surface area (Å²) in [5.41, 5.74) is 0.393. The second-order valence-corrected chi connectivity index (χ2v) is 5.37. The van der Waals surface area contributed by atoms with E-state index in [0.717, 1.165) is 31.5 Å². The summed E-state index contributed by atoms with van der Waals surface area (Å²) < 4.78 is 5.37. The van der Waals surface area contributed by atoms with Crippen LogP contribution in [0.25, 0.3) is 0 Å². The lowest BCUT2D eigenvalue weighted by molar-refractivity contribution is 0.0149. The highest BCUT2D eigenvalue weighted by Crippen LogP contribution is 2.37. The fraction of sp³-hybridized carbons (Fsp3) is 1.00. The lowest BCUT2D eigenvalue weighted by atomic mass is 9.70. The molecular weight excluding hydrogens is 174 g/mol. The second kappa shape index (κ2) is 5.13. The third-order valence-electron chi connectivity index (χ3n) is 3.48. The van der Waals surface area contributed by atoms with Crippen molar-refractivity contribution in [1.82, 2.24) is 5.32 Å². The van der Waals surface area contributed by atoms with Crippen molar-refractivity contribution >= 4 is 0 Å². The Morgan fingerprint density at radius 2 is 2.21 bits per heavy atom. The van der Waals surface area contributed by atoms with E-state index in [1.54, 1.807) is 0 Å². The molecule has 0 bridgehead atoms. The van der Waals surface area contributed by atoms with Crippen molar-refractivity contribution < 1.29 is 4.74 Å². The number of methoxy groups -OCH3 is 1. The Morgan fingerprint density at radius 1 is 1.50 bits per heavy atom. The molecule has 2 heteroatoms. The molecule has 0 saturated carbocycles. The highest BCUT2D eigenvalue weighted by molar-refractivity contribution is 4.88. The molecule has 2 atom stereocenters. The summed E-state index contributed by atoms with van der Waals surface area (Å²) in [7, 11) is 1.82. The van der Waals surface area contributed by atoms with Crippen molar-refractivity contribution in [2.24, 2.45) is 17.3 Å². The smallest absolute Gasteiger partial charge is 0.0519 e. The van der Waals surface area contributed by atoms with Crippen LogP contribution in [-0.4, -0.2) is 26.8 Å². The van der Waals surface area contributed by atoms with Crippen LogP contribution in [0.4, 0.5) is 0 Å². The van der Waals surface area contributed by atoms with Gasteiger partial charge in [0, 0.05) is 7.11 Å². The fourth-order valence-corrected chi connectivity index (χ4v) is 2.56. The highest BCUT2D eigenvalue weighted by atomic mass is 16.5. The van der Waals surface area contributed by atoms with Crippen molar-refractivity contribution in [3.63, 3.8) is 0 Å². The van der Waals surface area contributed by atoms with Gasteiger partial charge in [-0.2, -0.15) is 0 Å². The molecule has 0 aliphatic carbocycles. The molecule has 1 N–H and O–H groups in total. The van der Waals surface area contributed by atoms with Gasteiger partial charge >= 0.3 is 0 Å². The molecule has 0 amide bonds. The lowest BCUT2D eigenvalue weighted by Gasteiger charge is -2.42. The van der Waals surface area contributed by atoms with Gasteiger partial charge in [0.2, 0.25) is 0 Å². The Hall–Kier alpha value is -0.0800. The van der Waals surface area contributed by atoms with Gasteiger partial charge in [-0.25, -0.2) is 0 Å². The van der Waals surface area contributed by atoms with Crippen LogP contribution in [0.2, 0.25) is 0 Å². The summed E-state index contributed by atoms with van der Waals surface area (Å²) in [5, 5.41) is 3.50. The van der Waals surface area contributed by atoms with Crippen LogP contribution in [0.15, 0.2) is 0 Å². The van der Waals surface area contributed by atoms with Gasteiger partial charge in [0.1, 0.15) is 0 Å². The topological polar surface area (TPSA) is 21.3 Å². The summed E-state index contributed by atoms with van der Waals surface area (Å²) >= 11 is 0. The van der Waals surface area contributed by atoms with E-state index in [0.29, 0.717) is 5.41 Å². The molecule has 1 saturated heterocycles. The normalized spacial score (nSPS) is 33.6. The Bertz CT molecular complexity index is 166. The van der Waals surface area contributed by atoms with Gasteiger partial charge in [-0.15, -0.1) is 0 Å². The molecule has 2 unspecified atom stereocenters. The van der Waals surface area contributed by atoms with Crippen LogP contribution in [0, 0.1) is 17.3 Å². The molecule has 84 valence electrons. The SMILES string of the molecule is COCC1(C)CCNCC1CC(C)C. The largest absolute Gasteiger partial charge is 0.384 e. The molecule has 2 nitrogen and oxygen atoms in total. The van der Waals surface area contributed by atoms with Gasteiger partial charge < -0.3 is 10.1 Å². The Balaban J connectivity index is 2.57. The van der Waals surface area contributed by atoms with Crippen LogP contribution in [-0.2, 0) is 4.74 Å². The molecule has 1 aliphatic rings. The molecule has 1 heterocycles. The minimum atomic E-state index is 0.393. The van der Waals surface area contributed by atoms with Crippen molar-refractivity contribution in [1.29, 1.82) is 0 Å². The molecular formula is C12H25NO. The number of hydrogen-bond acceptors (Lipinski definition) is 2. The monoisotopic (exact) mass is 199 g/mol. The van der Waals surface area contributed by atoms with Crippen LogP contribution in [0.1, 0.15) is 33.6 Å². The fourth-order valence-electron chi connectivity index (χ4n) is 2.56. The number of piperidine rings is 1. The Morgan fingerprint density at radius 3 is 2.79 bits per heavy atom. The van der Waals surface area contributed by atoms with Crippen molar-refractivity contribution in [2.45, 2.75) is 33.6 Å². The maximum Gasteiger partial charge on any atom is 0.0519 e. The van der Waals surface area contributed by atoms with E-state index >= 15 is 0 Å². The van der Waals surface area contributed by atoms with E-state index in [4.69, 9.17) is 4.74 Å². The molecule has 0 spiro atoms. The maximum absolute atomic E-state index is 5.37. The van der Waals surface area contributed by atoms with Crippen molar-refractivity contribution in [2.75, 3.05) is 26.8 Å². The quantitative estimate of drug-likeness (QED) is 0.750. The van der Waals surface area contributed by atoms with E-state index in [1.807, 2.05) is 7.11 Å². The zero-order chi connectivity index (χ0) is 10.6. The summed E-state index contributed by atoms with van der Waals surface area (Å²) in [6, 6.07) is 0. The summed E-state index contributed by atoms with van der Waals surface area (Å²) in [6.45, 7) is 10.2. The zero-order valence-electron chi connectivity index (χ0n) is 10.1. The third-order valence-corrected chi connectivity index (χ3v) is 3.48. The van der Waals surface area contributed by atoms with Gasteiger partial charge in [0.05, 0.1) is 6.61 Å². The van der Waals surface area contributed by atoms with Crippen LogP contribution >= 0.6 is 0 Å². The summed E-state index contributed by atoms with van der Waals surface area (Å²) in [4.78, 5) is 0. The van der Waals surface area contributed by atoms with Gasteiger partial charge in [0.15, 0.2) is 0 Å². The van der Waals surface area contributed by atoms with Crippen molar-refractivity contribution in [3.8, 4) is 0 Å². The molecule has 1 rings (SSSR count). The van der Waals surface area contributed by atoms with Gasteiger partial charge in [-0.3, -0.25) is 0 Å². The predicted molar refractivity (Wildman–Crippen MR) is 60.4 cm³/mol.